The fourth-order valence-corrected chi connectivity index (χ4v) is 4.77. The third kappa shape index (κ3) is 8.64. The van der Waals surface area contributed by atoms with Gasteiger partial charge in [-0.1, -0.05) is 6.92 Å². The van der Waals surface area contributed by atoms with Crippen LogP contribution < -0.4 is 20.7 Å². The quantitative estimate of drug-likeness (QED) is 0.290. The molecule has 3 aromatic rings. The summed E-state index contributed by atoms with van der Waals surface area (Å²) in [7, 11) is 0. The number of pyridine rings is 1. The maximum atomic E-state index is 13.2. The lowest BCUT2D eigenvalue weighted by atomic mass is 10.1. The van der Waals surface area contributed by atoms with E-state index in [1.165, 1.54) is 6.20 Å². The first kappa shape index (κ1) is 30.3. The van der Waals surface area contributed by atoms with Crippen LogP contribution in [-0.2, 0) is 9.53 Å². The lowest BCUT2D eigenvalue weighted by Gasteiger charge is -2.30. The summed E-state index contributed by atoms with van der Waals surface area (Å²) in [5.74, 6) is 0.539. The van der Waals surface area contributed by atoms with Gasteiger partial charge in [-0.25, -0.2) is 9.97 Å². The second-order valence-electron chi connectivity index (χ2n) is 10.1. The number of nitrogens with two attached hydrogens (primary N) is 1. The van der Waals surface area contributed by atoms with Gasteiger partial charge >= 0.3 is 0 Å². The standard InChI is InChI=1S/C30H38N6O4S/c1-20(4-8-23(37)9-5-21(2)41-3)40-24-10-6-22(7-11-24)25-19-33-29(31)28(34-25)30(38)35-26-18-32-13-12-27(26)36-14-16-39-17-15-36/h6-7,10-13,18-21H,4-5,8-9,14-17H2,1-3H3,(H2,31,33)(H,35,38). The van der Waals surface area contributed by atoms with E-state index in [1.807, 2.05) is 37.3 Å². The second kappa shape index (κ2) is 14.8. The van der Waals surface area contributed by atoms with Gasteiger partial charge in [0.15, 0.2) is 11.5 Å². The molecule has 0 saturated carbocycles. The highest BCUT2D eigenvalue weighted by Gasteiger charge is 2.20. The number of Topliss-reactive ketones (excluding diaryl/α,β-unsaturated/α-hetero) is 1. The minimum Gasteiger partial charge on any atom is -0.491 e. The van der Waals surface area contributed by atoms with Crippen LogP contribution in [0.3, 0.4) is 0 Å². The van der Waals surface area contributed by atoms with Gasteiger partial charge in [-0.2, -0.15) is 11.8 Å². The molecule has 2 atom stereocenters. The van der Waals surface area contributed by atoms with Gasteiger partial charge in [0.2, 0.25) is 0 Å². The minimum atomic E-state index is -0.467. The van der Waals surface area contributed by atoms with E-state index in [0.717, 1.165) is 30.8 Å². The molecule has 11 heteroatoms. The molecule has 0 bridgehead atoms. The predicted molar refractivity (Wildman–Crippen MR) is 164 cm³/mol. The summed E-state index contributed by atoms with van der Waals surface area (Å²) in [6.45, 7) is 6.79. The monoisotopic (exact) mass is 578 g/mol. The number of rotatable bonds is 13. The average molecular weight is 579 g/mol. The molecule has 1 saturated heterocycles. The summed E-state index contributed by atoms with van der Waals surface area (Å²) < 4.78 is 11.5. The van der Waals surface area contributed by atoms with E-state index in [0.29, 0.717) is 54.9 Å². The van der Waals surface area contributed by atoms with Crippen molar-refractivity contribution in [2.24, 2.45) is 0 Å². The third-order valence-electron chi connectivity index (χ3n) is 6.96. The normalized spacial score (nSPS) is 14.8. The Balaban J connectivity index is 1.37. The summed E-state index contributed by atoms with van der Waals surface area (Å²) in [5.41, 5.74) is 8.78. The van der Waals surface area contributed by atoms with Gasteiger partial charge in [-0.15, -0.1) is 0 Å². The van der Waals surface area contributed by atoms with Crippen LogP contribution in [0.25, 0.3) is 11.3 Å². The van der Waals surface area contributed by atoms with Crippen molar-refractivity contribution in [2.75, 3.05) is 48.5 Å². The Hall–Kier alpha value is -3.70. The summed E-state index contributed by atoms with van der Waals surface area (Å²) in [5, 5.41) is 3.40. The Kier molecular flexibility index (Phi) is 10.9. The molecule has 3 N–H and O–H groups in total. The molecular weight excluding hydrogens is 540 g/mol. The first-order chi connectivity index (χ1) is 19.8. The van der Waals surface area contributed by atoms with Gasteiger partial charge in [-0.3, -0.25) is 14.6 Å². The van der Waals surface area contributed by atoms with Crippen LogP contribution in [0.4, 0.5) is 17.2 Å². The van der Waals surface area contributed by atoms with Crippen molar-refractivity contribution in [1.29, 1.82) is 0 Å². The Bertz CT molecular complexity index is 1320. The molecule has 1 aliphatic rings. The average Bonchev–Trinajstić information content (AvgIpc) is 3.00. The fourth-order valence-electron chi connectivity index (χ4n) is 4.42. The number of thioether (sulfide) groups is 1. The van der Waals surface area contributed by atoms with Crippen LogP contribution in [0, 0.1) is 0 Å². The van der Waals surface area contributed by atoms with Crippen LogP contribution in [0.1, 0.15) is 50.0 Å². The van der Waals surface area contributed by atoms with Crippen molar-refractivity contribution in [1.82, 2.24) is 15.0 Å². The van der Waals surface area contributed by atoms with Gasteiger partial charge in [0, 0.05) is 42.9 Å². The molecule has 4 rings (SSSR count). The topological polar surface area (TPSA) is 133 Å². The number of hydrogen-bond donors (Lipinski definition) is 2. The number of nitrogens with one attached hydrogen (secondary N) is 1. The summed E-state index contributed by atoms with van der Waals surface area (Å²) in [4.78, 5) is 40.5. The smallest absolute Gasteiger partial charge is 0.278 e. The van der Waals surface area contributed by atoms with E-state index in [2.05, 4.69) is 38.3 Å². The van der Waals surface area contributed by atoms with Crippen LogP contribution in [0.15, 0.2) is 48.9 Å². The lowest BCUT2D eigenvalue weighted by Crippen LogP contribution is -2.36. The number of benzene rings is 1. The number of carbonyl (C=O) groups is 2. The van der Waals surface area contributed by atoms with Crippen molar-refractivity contribution >= 4 is 40.6 Å². The molecule has 218 valence electrons. The number of anilines is 3. The molecular formula is C30H38N6O4S. The van der Waals surface area contributed by atoms with E-state index < -0.39 is 5.91 Å². The van der Waals surface area contributed by atoms with E-state index in [1.54, 1.807) is 24.2 Å². The van der Waals surface area contributed by atoms with E-state index in [9.17, 15) is 9.59 Å². The number of ketones is 1. The maximum absolute atomic E-state index is 13.2. The zero-order valence-electron chi connectivity index (χ0n) is 23.8. The molecule has 1 fully saturated rings. The third-order valence-corrected chi connectivity index (χ3v) is 8.00. The van der Waals surface area contributed by atoms with Crippen molar-refractivity contribution in [3.8, 4) is 17.0 Å². The first-order valence-corrected chi connectivity index (χ1v) is 15.1. The van der Waals surface area contributed by atoms with Gasteiger partial charge in [0.25, 0.3) is 5.91 Å². The predicted octanol–water partition coefficient (Wildman–Crippen LogP) is 4.86. The van der Waals surface area contributed by atoms with Crippen LogP contribution >= 0.6 is 11.8 Å². The second-order valence-corrected chi connectivity index (χ2v) is 11.3. The number of nitrogen functional groups attached to an aromatic ring is 1. The number of amides is 1. The van der Waals surface area contributed by atoms with E-state index in [4.69, 9.17) is 15.2 Å². The molecule has 1 amide bonds. The van der Waals surface area contributed by atoms with E-state index >= 15 is 0 Å². The van der Waals surface area contributed by atoms with Crippen molar-refractivity contribution in [3.05, 3.63) is 54.6 Å². The Morgan fingerprint density at radius 2 is 1.83 bits per heavy atom. The fraction of sp³-hybridized carbons (Fsp3) is 0.433. The summed E-state index contributed by atoms with van der Waals surface area (Å²) in [6.07, 6.45) is 9.52. The Labute approximate surface area is 245 Å². The zero-order valence-corrected chi connectivity index (χ0v) is 24.7. The minimum absolute atomic E-state index is 0.0322. The number of nitrogens with zero attached hydrogens (tertiary/aromatic N) is 4. The van der Waals surface area contributed by atoms with Gasteiger partial charge in [0.1, 0.15) is 11.5 Å². The first-order valence-electron chi connectivity index (χ1n) is 13.9. The van der Waals surface area contributed by atoms with Gasteiger partial charge < -0.3 is 25.4 Å². The number of morpholine rings is 1. The summed E-state index contributed by atoms with van der Waals surface area (Å²) >= 11 is 1.78. The van der Waals surface area contributed by atoms with Crippen molar-refractivity contribution < 1.29 is 19.1 Å². The van der Waals surface area contributed by atoms with Gasteiger partial charge in [0.05, 0.1) is 48.8 Å². The molecule has 2 aromatic heterocycles. The Morgan fingerprint density at radius 3 is 2.56 bits per heavy atom. The highest BCUT2D eigenvalue weighted by Crippen LogP contribution is 2.27. The molecule has 1 aromatic carbocycles. The molecule has 3 heterocycles. The molecule has 10 nitrogen and oxygen atoms in total. The van der Waals surface area contributed by atoms with Gasteiger partial charge in [-0.05, 0) is 56.4 Å². The molecule has 1 aliphatic heterocycles. The number of ether oxygens (including phenoxy) is 2. The molecule has 0 radical (unpaired) electrons. The lowest BCUT2D eigenvalue weighted by molar-refractivity contribution is -0.119. The number of aromatic nitrogens is 3. The maximum Gasteiger partial charge on any atom is 0.278 e. The number of hydrogen-bond acceptors (Lipinski definition) is 10. The highest BCUT2D eigenvalue weighted by molar-refractivity contribution is 7.99. The van der Waals surface area contributed by atoms with Crippen LogP contribution in [-0.4, -0.2) is 70.6 Å². The van der Waals surface area contributed by atoms with Crippen molar-refractivity contribution in [3.63, 3.8) is 0 Å². The Morgan fingerprint density at radius 1 is 1.10 bits per heavy atom. The van der Waals surface area contributed by atoms with Crippen LogP contribution in [0.2, 0.25) is 0 Å². The highest BCUT2D eigenvalue weighted by atomic mass is 32.2. The SMILES string of the molecule is CSC(C)CCC(=O)CCC(C)Oc1ccc(-c2cnc(N)c(C(=O)Nc3cnccc3N3CCOCC3)n2)cc1. The van der Waals surface area contributed by atoms with Crippen molar-refractivity contribution in [2.45, 2.75) is 50.9 Å². The molecule has 2 unspecified atom stereocenters. The number of carbonyl (C=O) groups excluding carboxylic acids is 2. The summed E-state index contributed by atoms with van der Waals surface area (Å²) in [6, 6.07) is 9.26. The molecule has 0 spiro atoms. The molecule has 0 aliphatic carbocycles. The zero-order chi connectivity index (χ0) is 29.2. The molecule has 41 heavy (non-hydrogen) atoms. The largest absolute Gasteiger partial charge is 0.491 e. The van der Waals surface area contributed by atoms with E-state index in [-0.39, 0.29) is 23.4 Å². The van der Waals surface area contributed by atoms with Crippen LogP contribution in [0.5, 0.6) is 5.75 Å².